The third-order valence-corrected chi connectivity index (χ3v) is 5.51. The molecule has 5 N–H and O–H groups in total. The Kier molecular flexibility index (Phi) is 7.64. The summed E-state index contributed by atoms with van der Waals surface area (Å²) in [7, 11) is 0. The van der Waals surface area contributed by atoms with Crippen LogP contribution < -0.4 is 21.7 Å². The molecule has 0 radical (unpaired) electrons. The zero-order valence-electron chi connectivity index (χ0n) is 18.4. The van der Waals surface area contributed by atoms with Crippen LogP contribution in [0.25, 0.3) is 0 Å². The number of carbonyl (C=O) groups excluding carboxylic acids is 4. The summed E-state index contributed by atoms with van der Waals surface area (Å²) >= 11 is 0.686. The van der Waals surface area contributed by atoms with Crippen LogP contribution in [-0.2, 0) is 14.3 Å². The number of furan rings is 1. The van der Waals surface area contributed by atoms with Crippen molar-refractivity contribution < 1.29 is 28.3 Å². The van der Waals surface area contributed by atoms with Crippen LogP contribution in [-0.4, -0.2) is 41.2 Å². The highest BCUT2D eigenvalue weighted by Crippen LogP contribution is 2.33. The summed E-state index contributed by atoms with van der Waals surface area (Å²) in [4.78, 5) is 51.5. The van der Waals surface area contributed by atoms with E-state index in [0.717, 1.165) is 4.90 Å². The monoisotopic (exact) mass is 485 g/mol. The van der Waals surface area contributed by atoms with Gasteiger partial charge in [-0.3, -0.25) is 24.1 Å². The fraction of sp³-hybridized carbons (Fsp3) is 0.227. The number of esters is 1. The molecule has 0 saturated carbocycles. The fourth-order valence-electron chi connectivity index (χ4n) is 3.15. The van der Waals surface area contributed by atoms with Crippen LogP contribution in [0, 0.1) is 6.92 Å². The first kappa shape index (κ1) is 24.5. The molecule has 1 aromatic carbocycles. The summed E-state index contributed by atoms with van der Waals surface area (Å²) < 4.78 is 14.4. The lowest BCUT2D eigenvalue weighted by Gasteiger charge is -2.29. The first-order valence-corrected chi connectivity index (χ1v) is 10.9. The van der Waals surface area contributed by atoms with E-state index in [-0.39, 0.29) is 28.6 Å². The molecule has 12 heteroatoms. The Bertz CT molecular complexity index is 1210. The summed E-state index contributed by atoms with van der Waals surface area (Å²) in [5, 5.41) is 2.48. The molecule has 3 amide bonds. The molecule has 0 saturated heterocycles. The highest BCUT2D eigenvalue weighted by Gasteiger charge is 2.38. The standard InChI is InChI=1S/C22H23N5O6S/c1-3-32-15(28)11-25-21(30)18(14-10-9-12(2)33-14)27(13-7-5-4-6-8-13)22(31)19-16(23)17(20(24)29)26-34-19/h4-10,18H,3,11,23H2,1-2H3,(H2,24,29)(H,25,30)/t18-/m1/s1. The van der Waals surface area contributed by atoms with Gasteiger partial charge < -0.3 is 25.9 Å². The molecule has 0 aliphatic rings. The zero-order valence-corrected chi connectivity index (χ0v) is 19.3. The first-order chi connectivity index (χ1) is 16.2. The second-order valence-corrected chi connectivity index (χ2v) is 7.80. The van der Waals surface area contributed by atoms with Crippen molar-refractivity contribution in [3.8, 4) is 0 Å². The van der Waals surface area contributed by atoms with Crippen molar-refractivity contribution in [2.24, 2.45) is 5.73 Å². The third kappa shape index (κ3) is 5.23. The number of aromatic nitrogens is 1. The van der Waals surface area contributed by atoms with Crippen molar-refractivity contribution in [2.75, 3.05) is 23.8 Å². The van der Waals surface area contributed by atoms with Crippen LogP contribution in [0.1, 0.15) is 44.6 Å². The van der Waals surface area contributed by atoms with Gasteiger partial charge in [-0.1, -0.05) is 18.2 Å². The van der Waals surface area contributed by atoms with E-state index in [9.17, 15) is 19.2 Å². The minimum atomic E-state index is -1.32. The number of nitrogen functional groups attached to an aromatic ring is 1. The molecular weight excluding hydrogens is 462 g/mol. The van der Waals surface area contributed by atoms with E-state index in [1.54, 1.807) is 56.3 Å². The van der Waals surface area contributed by atoms with Gasteiger partial charge in [0.25, 0.3) is 17.7 Å². The van der Waals surface area contributed by atoms with Crippen LogP contribution >= 0.6 is 11.5 Å². The molecule has 0 fully saturated rings. The van der Waals surface area contributed by atoms with Gasteiger partial charge in [0.05, 0.1) is 12.3 Å². The fourth-order valence-corrected chi connectivity index (χ4v) is 3.90. The maximum absolute atomic E-state index is 13.7. The van der Waals surface area contributed by atoms with Crippen molar-refractivity contribution in [1.82, 2.24) is 9.69 Å². The number of hydrogen-bond donors (Lipinski definition) is 3. The van der Waals surface area contributed by atoms with Crippen molar-refractivity contribution in [3.63, 3.8) is 0 Å². The largest absolute Gasteiger partial charge is 0.465 e. The number of carbonyl (C=O) groups is 4. The lowest BCUT2D eigenvalue weighted by molar-refractivity contribution is -0.143. The lowest BCUT2D eigenvalue weighted by atomic mass is 10.1. The molecule has 1 atom stereocenters. The second-order valence-electron chi connectivity index (χ2n) is 7.02. The van der Waals surface area contributed by atoms with E-state index >= 15 is 0 Å². The van der Waals surface area contributed by atoms with Gasteiger partial charge in [-0.05, 0) is 49.6 Å². The molecule has 178 valence electrons. The number of rotatable bonds is 9. The Morgan fingerprint density at radius 3 is 2.44 bits per heavy atom. The number of ether oxygens (including phenoxy) is 1. The molecule has 2 aromatic heterocycles. The number of hydrogen-bond acceptors (Lipinski definition) is 9. The maximum Gasteiger partial charge on any atom is 0.325 e. The van der Waals surface area contributed by atoms with Gasteiger partial charge in [-0.25, -0.2) is 0 Å². The van der Waals surface area contributed by atoms with Crippen molar-refractivity contribution >= 4 is 46.6 Å². The lowest BCUT2D eigenvalue weighted by Crippen LogP contribution is -2.45. The van der Waals surface area contributed by atoms with Gasteiger partial charge in [-0.15, -0.1) is 0 Å². The van der Waals surface area contributed by atoms with Gasteiger partial charge in [0.1, 0.15) is 22.9 Å². The summed E-state index contributed by atoms with van der Waals surface area (Å²) in [5.41, 5.74) is 11.2. The predicted molar refractivity (Wildman–Crippen MR) is 124 cm³/mol. The number of nitrogens with two attached hydrogens (primary N) is 2. The second kappa shape index (κ2) is 10.6. The number of primary amides is 1. The predicted octanol–water partition coefficient (Wildman–Crippen LogP) is 1.79. The number of aryl methyl sites for hydroxylation is 1. The number of para-hydroxylation sites is 1. The van der Waals surface area contributed by atoms with E-state index in [1.165, 1.54) is 0 Å². The van der Waals surface area contributed by atoms with Crippen LogP contribution in [0.5, 0.6) is 0 Å². The Morgan fingerprint density at radius 1 is 1.18 bits per heavy atom. The van der Waals surface area contributed by atoms with Crippen LogP contribution in [0.3, 0.4) is 0 Å². The normalized spacial score (nSPS) is 11.5. The Morgan fingerprint density at radius 2 is 1.88 bits per heavy atom. The Labute approximate surface area is 198 Å². The number of nitrogens with zero attached hydrogens (tertiary/aromatic N) is 2. The van der Waals surface area contributed by atoms with Gasteiger partial charge in [0.2, 0.25) is 0 Å². The number of anilines is 2. The summed E-state index contributed by atoms with van der Waals surface area (Å²) in [6, 6.07) is 10.2. The minimum Gasteiger partial charge on any atom is -0.465 e. The first-order valence-electron chi connectivity index (χ1n) is 10.2. The third-order valence-electron chi connectivity index (χ3n) is 4.66. The average Bonchev–Trinajstić information content (AvgIpc) is 3.41. The van der Waals surface area contributed by atoms with Crippen molar-refractivity contribution in [3.05, 3.63) is 64.6 Å². The SMILES string of the molecule is CCOC(=O)CNC(=O)[C@@H](c1ccc(C)o1)N(C(=O)c1snc(C(N)=O)c1N)c1ccccc1. The van der Waals surface area contributed by atoms with Crippen molar-refractivity contribution in [1.29, 1.82) is 0 Å². The van der Waals surface area contributed by atoms with Gasteiger partial charge in [-0.2, -0.15) is 4.37 Å². The molecule has 0 bridgehead atoms. The minimum absolute atomic E-state index is 0.0795. The smallest absolute Gasteiger partial charge is 0.325 e. The van der Waals surface area contributed by atoms with Gasteiger partial charge in [0, 0.05) is 5.69 Å². The van der Waals surface area contributed by atoms with E-state index < -0.39 is 36.3 Å². The average molecular weight is 486 g/mol. The summed E-state index contributed by atoms with van der Waals surface area (Å²) in [6.07, 6.45) is 0. The van der Waals surface area contributed by atoms with E-state index in [2.05, 4.69) is 9.69 Å². The highest BCUT2D eigenvalue weighted by molar-refractivity contribution is 7.09. The Hall–Kier alpha value is -4.19. The van der Waals surface area contributed by atoms with Gasteiger partial charge in [0.15, 0.2) is 11.7 Å². The van der Waals surface area contributed by atoms with Crippen LogP contribution in [0.4, 0.5) is 11.4 Å². The molecule has 3 rings (SSSR count). The zero-order chi connectivity index (χ0) is 24.8. The number of amides is 3. The summed E-state index contributed by atoms with van der Waals surface area (Å²) in [5.74, 6) is -2.27. The molecule has 0 aliphatic heterocycles. The molecule has 0 aliphatic carbocycles. The highest BCUT2D eigenvalue weighted by atomic mass is 32.1. The summed E-state index contributed by atoms with van der Waals surface area (Å²) in [6.45, 7) is 3.07. The molecule has 11 nitrogen and oxygen atoms in total. The topological polar surface area (TPSA) is 171 Å². The molecule has 34 heavy (non-hydrogen) atoms. The van der Waals surface area contributed by atoms with Gasteiger partial charge >= 0.3 is 5.97 Å². The number of nitrogens with one attached hydrogen (secondary N) is 1. The van der Waals surface area contributed by atoms with E-state index in [4.69, 9.17) is 20.6 Å². The number of benzene rings is 1. The molecular formula is C22H23N5O6S. The van der Waals surface area contributed by atoms with E-state index in [0.29, 0.717) is 23.0 Å². The molecule has 2 heterocycles. The van der Waals surface area contributed by atoms with E-state index in [1.807, 2.05) is 0 Å². The molecule has 0 spiro atoms. The maximum atomic E-state index is 13.7. The van der Waals surface area contributed by atoms with Crippen molar-refractivity contribution in [2.45, 2.75) is 19.9 Å². The quantitative estimate of drug-likeness (QED) is 0.385. The Balaban J connectivity index is 2.09. The van der Waals surface area contributed by atoms with Crippen LogP contribution in [0.15, 0.2) is 46.9 Å². The van der Waals surface area contributed by atoms with Crippen LogP contribution in [0.2, 0.25) is 0 Å². The molecule has 0 unspecified atom stereocenters. The molecule has 3 aromatic rings.